The van der Waals surface area contributed by atoms with Crippen LogP contribution < -0.4 is 4.90 Å². The Balaban J connectivity index is 1.18. The van der Waals surface area contributed by atoms with Crippen LogP contribution in [-0.2, 0) is 0 Å². The van der Waals surface area contributed by atoms with E-state index in [0.717, 1.165) is 66.8 Å². The van der Waals surface area contributed by atoms with Gasteiger partial charge in [-0.25, -0.2) is 4.98 Å². The van der Waals surface area contributed by atoms with Crippen molar-refractivity contribution in [1.29, 1.82) is 0 Å². The highest BCUT2D eigenvalue weighted by Crippen LogP contribution is 2.40. The Bertz CT molecular complexity index is 2750. The van der Waals surface area contributed by atoms with Crippen LogP contribution in [0.25, 0.3) is 72.0 Å². The number of benzene rings is 7. The fraction of sp³-hybridized carbons (Fsp3) is 0.0208. The molecule has 0 fully saturated rings. The Kier molecular flexibility index (Phi) is 7.83. The zero-order valence-electron chi connectivity index (χ0n) is 28.8. The summed E-state index contributed by atoms with van der Waals surface area (Å²) in [5.74, 6) is 0.613. The van der Waals surface area contributed by atoms with Crippen LogP contribution in [0.4, 0.5) is 11.4 Å². The van der Waals surface area contributed by atoms with Gasteiger partial charge in [0, 0.05) is 44.2 Å². The van der Waals surface area contributed by atoms with Gasteiger partial charge in [-0.1, -0.05) is 122 Å². The van der Waals surface area contributed by atoms with E-state index in [0.29, 0.717) is 5.89 Å². The predicted molar refractivity (Wildman–Crippen MR) is 219 cm³/mol. The van der Waals surface area contributed by atoms with Gasteiger partial charge < -0.3 is 13.9 Å². The lowest BCUT2D eigenvalue weighted by Crippen LogP contribution is -2.15. The molecular formula is C48H35N3O. The third-order valence-electron chi connectivity index (χ3n) is 9.75. The fourth-order valence-corrected chi connectivity index (χ4v) is 7.28. The highest BCUT2D eigenvalue weighted by molar-refractivity contribution is 6.11. The smallest absolute Gasteiger partial charge is 0.227 e. The number of oxazole rings is 1. The van der Waals surface area contributed by atoms with Crippen molar-refractivity contribution in [2.24, 2.45) is 0 Å². The van der Waals surface area contributed by atoms with E-state index in [1.54, 1.807) is 0 Å². The topological polar surface area (TPSA) is 34.2 Å². The first-order chi connectivity index (χ1) is 25.7. The minimum absolute atomic E-state index is 0.613. The number of nitrogens with zero attached hydrogens (tertiary/aromatic N) is 3. The molecule has 7 aromatic carbocycles. The molecule has 9 aromatic rings. The molecule has 248 valence electrons. The van der Waals surface area contributed by atoms with Gasteiger partial charge in [0.25, 0.3) is 0 Å². The number of para-hydroxylation sites is 2. The second kappa shape index (κ2) is 13.1. The predicted octanol–water partition coefficient (Wildman–Crippen LogP) is 13.2. The normalized spacial score (nSPS) is 12.1. The molecule has 0 N–H and O–H groups in total. The Labute approximate surface area is 302 Å². The van der Waals surface area contributed by atoms with Crippen molar-refractivity contribution < 1.29 is 4.42 Å². The zero-order valence-corrected chi connectivity index (χ0v) is 28.8. The summed E-state index contributed by atoms with van der Waals surface area (Å²) in [7, 11) is 0. The molecule has 2 aromatic heterocycles. The summed E-state index contributed by atoms with van der Waals surface area (Å²) in [4.78, 5) is 7.32. The monoisotopic (exact) mass is 669 g/mol. The third-order valence-corrected chi connectivity index (χ3v) is 9.75. The average Bonchev–Trinajstić information content (AvgIpc) is 3.80. The van der Waals surface area contributed by atoms with E-state index in [9.17, 15) is 0 Å². The SMILES string of the molecule is C=C(/C=C\C(=C/C)N(c1ccc(-c2ccccc2)cc1)c1cccc2c1ccc1oc(-c3ccccc3)nc12)n1c2ccccc2c2ccccc21. The van der Waals surface area contributed by atoms with Crippen molar-refractivity contribution in [3.8, 4) is 22.6 Å². The molecule has 0 radical (unpaired) electrons. The number of aromatic nitrogens is 2. The summed E-state index contributed by atoms with van der Waals surface area (Å²) < 4.78 is 8.52. The highest BCUT2D eigenvalue weighted by Gasteiger charge is 2.19. The van der Waals surface area contributed by atoms with Crippen molar-refractivity contribution in [3.63, 3.8) is 0 Å². The molecule has 2 heterocycles. The average molecular weight is 670 g/mol. The number of hydrogen-bond acceptors (Lipinski definition) is 3. The number of allylic oxidation sites excluding steroid dienone is 4. The zero-order chi connectivity index (χ0) is 35.0. The van der Waals surface area contributed by atoms with Gasteiger partial charge in [-0.15, -0.1) is 0 Å². The maximum atomic E-state index is 6.27. The van der Waals surface area contributed by atoms with Crippen LogP contribution in [0.15, 0.2) is 199 Å². The number of rotatable bonds is 8. The second-order valence-corrected chi connectivity index (χ2v) is 12.8. The van der Waals surface area contributed by atoms with Crippen LogP contribution in [0.1, 0.15) is 6.92 Å². The van der Waals surface area contributed by atoms with Gasteiger partial charge in [0.2, 0.25) is 5.89 Å². The van der Waals surface area contributed by atoms with E-state index >= 15 is 0 Å². The van der Waals surface area contributed by atoms with Crippen molar-refractivity contribution in [3.05, 3.63) is 194 Å². The minimum Gasteiger partial charge on any atom is -0.436 e. The summed E-state index contributed by atoms with van der Waals surface area (Å²) in [6, 6.07) is 57.0. The number of fused-ring (bicyclic) bond motifs is 6. The van der Waals surface area contributed by atoms with Crippen LogP contribution >= 0.6 is 0 Å². The van der Waals surface area contributed by atoms with Crippen molar-refractivity contribution in [2.75, 3.05) is 4.90 Å². The maximum Gasteiger partial charge on any atom is 0.227 e. The van der Waals surface area contributed by atoms with Crippen LogP contribution in [-0.4, -0.2) is 9.55 Å². The first kappa shape index (κ1) is 31.1. The summed E-state index contributed by atoms with van der Waals surface area (Å²) in [5.41, 5.74) is 11.1. The molecule has 0 bridgehead atoms. The Morgan fingerprint density at radius 2 is 1.17 bits per heavy atom. The molecule has 0 atom stereocenters. The molecule has 4 nitrogen and oxygen atoms in total. The molecule has 52 heavy (non-hydrogen) atoms. The largest absolute Gasteiger partial charge is 0.436 e. The molecule has 0 saturated carbocycles. The van der Waals surface area contributed by atoms with Gasteiger partial charge in [-0.05, 0) is 84.8 Å². The Morgan fingerprint density at radius 3 is 1.85 bits per heavy atom. The van der Waals surface area contributed by atoms with Crippen LogP contribution in [0.3, 0.4) is 0 Å². The molecule has 0 spiro atoms. The van der Waals surface area contributed by atoms with E-state index in [4.69, 9.17) is 9.40 Å². The summed E-state index contributed by atoms with van der Waals surface area (Å²) >= 11 is 0. The quantitative estimate of drug-likeness (QED) is 0.151. The lowest BCUT2D eigenvalue weighted by molar-refractivity contribution is 0.620. The van der Waals surface area contributed by atoms with Gasteiger partial charge in [0.1, 0.15) is 5.52 Å². The van der Waals surface area contributed by atoms with E-state index in [2.05, 4.69) is 163 Å². The molecule has 0 aliphatic heterocycles. The number of hydrogen-bond donors (Lipinski definition) is 0. The first-order valence-corrected chi connectivity index (χ1v) is 17.5. The van der Waals surface area contributed by atoms with Crippen LogP contribution in [0.5, 0.6) is 0 Å². The molecule has 0 amide bonds. The lowest BCUT2D eigenvalue weighted by Gasteiger charge is -2.28. The minimum atomic E-state index is 0.613. The van der Waals surface area contributed by atoms with Gasteiger partial charge in [0.05, 0.1) is 16.7 Å². The molecule has 0 unspecified atom stereocenters. The molecule has 0 aliphatic rings. The highest BCUT2D eigenvalue weighted by atomic mass is 16.3. The van der Waals surface area contributed by atoms with Gasteiger partial charge in [0.15, 0.2) is 5.58 Å². The summed E-state index contributed by atoms with van der Waals surface area (Å²) in [6.45, 7) is 6.66. The van der Waals surface area contributed by atoms with Crippen LogP contribution in [0.2, 0.25) is 0 Å². The third kappa shape index (κ3) is 5.38. The van der Waals surface area contributed by atoms with Crippen molar-refractivity contribution in [2.45, 2.75) is 6.92 Å². The maximum absolute atomic E-state index is 6.27. The van der Waals surface area contributed by atoms with Crippen molar-refractivity contribution in [1.82, 2.24) is 9.55 Å². The Morgan fingerprint density at radius 1 is 0.577 bits per heavy atom. The van der Waals surface area contributed by atoms with Crippen LogP contribution in [0, 0.1) is 0 Å². The molecule has 0 aliphatic carbocycles. The Hall–Kier alpha value is -6.91. The molecular weight excluding hydrogens is 635 g/mol. The first-order valence-electron chi connectivity index (χ1n) is 17.5. The number of anilines is 2. The van der Waals surface area contributed by atoms with Gasteiger partial charge in [-0.2, -0.15) is 0 Å². The fourth-order valence-electron chi connectivity index (χ4n) is 7.28. The van der Waals surface area contributed by atoms with Gasteiger partial charge in [-0.3, -0.25) is 0 Å². The van der Waals surface area contributed by atoms with Gasteiger partial charge >= 0.3 is 0 Å². The van der Waals surface area contributed by atoms with E-state index in [1.807, 2.05) is 42.5 Å². The standard InChI is InChI=1S/C48H35N3O/c1-3-37(28-25-33(2)50-43-22-12-10-19-39(43)40-20-11-13-23-44(40)50)51(38-29-26-35(27-30-38)34-15-6-4-7-16-34)45-24-14-21-42-41(45)31-32-46-47(42)49-48(52-46)36-17-8-5-9-18-36/h3-32H,2H2,1H3/b28-25-,37-3+. The molecule has 0 saturated heterocycles. The molecule has 9 rings (SSSR count). The van der Waals surface area contributed by atoms with E-state index < -0.39 is 0 Å². The summed E-state index contributed by atoms with van der Waals surface area (Å²) in [6.07, 6.45) is 6.44. The molecule has 4 heteroatoms. The second-order valence-electron chi connectivity index (χ2n) is 12.8. The van der Waals surface area contributed by atoms with Crippen molar-refractivity contribution >= 4 is 60.7 Å². The lowest BCUT2D eigenvalue weighted by atomic mass is 10.0. The summed E-state index contributed by atoms with van der Waals surface area (Å²) in [5, 5.41) is 4.53. The van der Waals surface area contributed by atoms with E-state index in [-0.39, 0.29) is 0 Å². The van der Waals surface area contributed by atoms with E-state index in [1.165, 1.54) is 16.3 Å².